The molecule has 8 nitrogen and oxygen atoms in total. The molecule has 0 saturated carbocycles. The number of carbonyl (C=O) groups is 2. The third-order valence-electron chi connectivity index (χ3n) is 2.98. The Morgan fingerprint density at radius 3 is 1.70 bits per heavy atom. The van der Waals surface area contributed by atoms with Crippen LogP contribution in [-0.2, 0) is 28.5 Å². The second-order valence-electron chi connectivity index (χ2n) is 4.59. The summed E-state index contributed by atoms with van der Waals surface area (Å²) in [6.45, 7) is 3.99. The summed E-state index contributed by atoms with van der Waals surface area (Å²) in [7, 11) is 0. The second-order valence-corrected chi connectivity index (χ2v) is 4.59. The Morgan fingerprint density at radius 1 is 0.900 bits per heavy atom. The second kappa shape index (κ2) is 8.15. The monoisotopic (exact) mass is 288 g/mol. The highest BCUT2D eigenvalue weighted by Gasteiger charge is 2.23. The molecule has 2 rings (SSSR count). The minimum Gasteiger partial charge on any atom is -0.454 e. The van der Waals surface area contributed by atoms with E-state index in [0.29, 0.717) is 26.3 Å². The molecule has 0 aromatic heterocycles. The molecule has 2 atom stereocenters. The molecule has 0 aromatic carbocycles. The average molecular weight is 288 g/mol. The van der Waals surface area contributed by atoms with Crippen molar-refractivity contribution in [2.45, 2.75) is 12.2 Å². The molecule has 0 spiro atoms. The number of morpholine rings is 2. The third kappa shape index (κ3) is 5.04. The van der Waals surface area contributed by atoms with E-state index in [1.165, 1.54) is 0 Å². The lowest BCUT2D eigenvalue weighted by molar-refractivity contribution is -0.172. The Hall–Kier alpha value is -1.22. The highest BCUT2D eigenvalue weighted by atomic mass is 16.6. The molecule has 114 valence electrons. The van der Waals surface area contributed by atoms with E-state index in [2.05, 4.69) is 10.6 Å². The molecule has 2 saturated heterocycles. The standard InChI is InChI=1S/C12H20N2O6/c15-11(19-7-9-5-13-1-3-17-9)12(16)20-8-10-6-14-2-4-18-10/h9-10,13-14H,1-8H2/t9-,10-/m1/s1. The van der Waals surface area contributed by atoms with E-state index in [9.17, 15) is 9.59 Å². The zero-order valence-electron chi connectivity index (χ0n) is 11.3. The maximum absolute atomic E-state index is 11.4. The van der Waals surface area contributed by atoms with Crippen LogP contribution >= 0.6 is 0 Å². The molecule has 2 fully saturated rings. The Balaban J connectivity index is 1.59. The first-order chi connectivity index (χ1) is 9.75. The molecule has 2 aliphatic rings. The predicted molar refractivity (Wildman–Crippen MR) is 67.1 cm³/mol. The number of ether oxygens (including phenoxy) is 4. The van der Waals surface area contributed by atoms with Crippen molar-refractivity contribution in [3.63, 3.8) is 0 Å². The molecule has 2 aliphatic heterocycles. The molecule has 0 aliphatic carbocycles. The van der Waals surface area contributed by atoms with Crippen molar-refractivity contribution >= 4 is 11.9 Å². The van der Waals surface area contributed by atoms with E-state index in [0.717, 1.165) is 13.1 Å². The molecule has 0 unspecified atom stereocenters. The van der Waals surface area contributed by atoms with Crippen molar-refractivity contribution in [3.05, 3.63) is 0 Å². The van der Waals surface area contributed by atoms with Crippen LogP contribution in [0.1, 0.15) is 0 Å². The fraction of sp³-hybridized carbons (Fsp3) is 0.833. The van der Waals surface area contributed by atoms with Crippen molar-refractivity contribution in [3.8, 4) is 0 Å². The average Bonchev–Trinajstić information content (AvgIpc) is 2.52. The number of nitrogens with one attached hydrogen (secondary N) is 2. The quantitative estimate of drug-likeness (QED) is 0.455. The number of hydrogen-bond donors (Lipinski definition) is 2. The van der Waals surface area contributed by atoms with Gasteiger partial charge in [0, 0.05) is 26.2 Å². The van der Waals surface area contributed by atoms with E-state index >= 15 is 0 Å². The summed E-state index contributed by atoms with van der Waals surface area (Å²) < 4.78 is 20.4. The molecule has 0 radical (unpaired) electrons. The molecule has 2 N–H and O–H groups in total. The minimum atomic E-state index is -0.997. The maximum atomic E-state index is 11.4. The Kier molecular flexibility index (Phi) is 6.19. The summed E-state index contributed by atoms with van der Waals surface area (Å²) >= 11 is 0. The van der Waals surface area contributed by atoms with E-state index in [4.69, 9.17) is 18.9 Å². The van der Waals surface area contributed by atoms with E-state index in [-0.39, 0.29) is 25.4 Å². The van der Waals surface area contributed by atoms with Crippen LogP contribution in [0.2, 0.25) is 0 Å². The van der Waals surface area contributed by atoms with Crippen LogP contribution in [0.15, 0.2) is 0 Å². The largest absolute Gasteiger partial charge is 0.454 e. The summed E-state index contributed by atoms with van der Waals surface area (Å²) in [4.78, 5) is 22.9. The van der Waals surface area contributed by atoms with Gasteiger partial charge >= 0.3 is 11.9 Å². The topological polar surface area (TPSA) is 95.1 Å². The van der Waals surface area contributed by atoms with Gasteiger partial charge in [0.15, 0.2) is 0 Å². The third-order valence-corrected chi connectivity index (χ3v) is 2.98. The Labute approximate surface area is 117 Å². The summed E-state index contributed by atoms with van der Waals surface area (Å²) in [6.07, 6.45) is -0.433. The molecular formula is C12H20N2O6. The van der Waals surface area contributed by atoms with Crippen molar-refractivity contribution < 1.29 is 28.5 Å². The van der Waals surface area contributed by atoms with Gasteiger partial charge in [-0.05, 0) is 0 Å². The molecule has 0 amide bonds. The van der Waals surface area contributed by atoms with Gasteiger partial charge in [0.05, 0.1) is 13.2 Å². The zero-order valence-corrected chi connectivity index (χ0v) is 11.3. The summed E-state index contributed by atoms with van der Waals surface area (Å²) in [5.74, 6) is -1.99. The smallest absolute Gasteiger partial charge is 0.417 e. The highest BCUT2D eigenvalue weighted by molar-refractivity contribution is 6.29. The lowest BCUT2D eigenvalue weighted by atomic mass is 10.3. The minimum absolute atomic E-state index is 0.0441. The van der Waals surface area contributed by atoms with Gasteiger partial charge in [0.1, 0.15) is 25.4 Å². The van der Waals surface area contributed by atoms with Gasteiger partial charge in [0.2, 0.25) is 0 Å². The summed E-state index contributed by atoms with van der Waals surface area (Å²) in [5.41, 5.74) is 0. The first-order valence-electron chi connectivity index (χ1n) is 6.74. The first-order valence-corrected chi connectivity index (χ1v) is 6.74. The number of rotatable bonds is 4. The van der Waals surface area contributed by atoms with Crippen LogP contribution in [0.3, 0.4) is 0 Å². The number of carbonyl (C=O) groups excluding carboxylic acids is 2. The van der Waals surface area contributed by atoms with E-state index in [1.807, 2.05) is 0 Å². The van der Waals surface area contributed by atoms with Crippen molar-refractivity contribution in [2.24, 2.45) is 0 Å². The van der Waals surface area contributed by atoms with Gasteiger partial charge in [-0.25, -0.2) is 9.59 Å². The first kappa shape index (κ1) is 15.2. The van der Waals surface area contributed by atoms with Crippen LogP contribution in [0, 0.1) is 0 Å². The van der Waals surface area contributed by atoms with Gasteiger partial charge < -0.3 is 29.6 Å². The van der Waals surface area contributed by atoms with E-state index < -0.39 is 11.9 Å². The SMILES string of the molecule is O=C(OC[C@H]1CNCCO1)C(=O)OC[C@H]1CNCCO1. The molecule has 0 aromatic rings. The van der Waals surface area contributed by atoms with Crippen molar-refractivity contribution in [2.75, 3.05) is 52.6 Å². The summed E-state index contributed by atoms with van der Waals surface area (Å²) in [5, 5.41) is 6.20. The zero-order chi connectivity index (χ0) is 14.2. The number of esters is 2. The fourth-order valence-electron chi connectivity index (χ4n) is 1.91. The lowest BCUT2D eigenvalue weighted by Gasteiger charge is -2.23. The van der Waals surface area contributed by atoms with Gasteiger partial charge in [-0.3, -0.25) is 0 Å². The van der Waals surface area contributed by atoms with Gasteiger partial charge in [0.25, 0.3) is 0 Å². The summed E-state index contributed by atoms with van der Waals surface area (Å²) in [6, 6.07) is 0. The Morgan fingerprint density at radius 2 is 1.35 bits per heavy atom. The fourth-order valence-corrected chi connectivity index (χ4v) is 1.91. The Bertz CT molecular complexity index is 294. The molecule has 0 bridgehead atoms. The normalized spacial score (nSPS) is 26.8. The van der Waals surface area contributed by atoms with Crippen LogP contribution in [0.4, 0.5) is 0 Å². The lowest BCUT2D eigenvalue weighted by Crippen LogP contribution is -2.43. The van der Waals surface area contributed by atoms with Crippen molar-refractivity contribution in [1.82, 2.24) is 10.6 Å². The molecule has 8 heteroatoms. The van der Waals surface area contributed by atoms with Crippen LogP contribution in [0.25, 0.3) is 0 Å². The highest BCUT2D eigenvalue weighted by Crippen LogP contribution is 2.00. The maximum Gasteiger partial charge on any atom is 0.417 e. The predicted octanol–water partition coefficient (Wildman–Crippen LogP) is -1.95. The van der Waals surface area contributed by atoms with Crippen molar-refractivity contribution in [1.29, 1.82) is 0 Å². The molecular weight excluding hydrogens is 268 g/mol. The van der Waals surface area contributed by atoms with Crippen LogP contribution in [0.5, 0.6) is 0 Å². The van der Waals surface area contributed by atoms with Crippen LogP contribution < -0.4 is 10.6 Å². The molecule has 20 heavy (non-hydrogen) atoms. The van der Waals surface area contributed by atoms with Crippen LogP contribution in [-0.4, -0.2) is 76.8 Å². The van der Waals surface area contributed by atoms with Gasteiger partial charge in [-0.15, -0.1) is 0 Å². The van der Waals surface area contributed by atoms with Gasteiger partial charge in [-0.2, -0.15) is 0 Å². The van der Waals surface area contributed by atoms with E-state index in [1.54, 1.807) is 0 Å². The number of hydrogen-bond acceptors (Lipinski definition) is 8. The van der Waals surface area contributed by atoms with Gasteiger partial charge in [-0.1, -0.05) is 0 Å². The molecule has 2 heterocycles.